The minimum atomic E-state index is 0.232. The normalized spacial score (nSPS) is 11.4. The Labute approximate surface area is 186 Å². The predicted molar refractivity (Wildman–Crippen MR) is 122 cm³/mol. The van der Waals surface area contributed by atoms with Crippen LogP contribution >= 0.6 is 11.6 Å². The monoisotopic (exact) mass is 443 g/mol. The maximum absolute atomic E-state index is 6.03. The molecule has 0 spiro atoms. The van der Waals surface area contributed by atoms with Gasteiger partial charge in [0.15, 0.2) is 5.96 Å². The Kier molecular flexibility index (Phi) is 8.69. The van der Waals surface area contributed by atoms with E-state index in [4.69, 9.17) is 25.6 Å². The number of nitrogens with zero attached hydrogens (tertiary/aromatic N) is 3. The van der Waals surface area contributed by atoms with E-state index in [0.29, 0.717) is 42.5 Å². The van der Waals surface area contributed by atoms with Crippen molar-refractivity contribution in [3.63, 3.8) is 0 Å². The number of nitrogens with one attached hydrogen (secondary N) is 2. The van der Waals surface area contributed by atoms with Crippen molar-refractivity contribution in [2.24, 2.45) is 4.99 Å². The number of hydrogen-bond acceptors (Lipinski definition) is 6. The van der Waals surface area contributed by atoms with Gasteiger partial charge in [0.1, 0.15) is 12.3 Å². The molecule has 0 aliphatic heterocycles. The van der Waals surface area contributed by atoms with Crippen molar-refractivity contribution in [1.82, 2.24) is 15.5 Å². The van der Waals surface area contributed by atoms with E-state index in [9.17, 15) is 0 Å². The summed E-state index contributed by atoms with van der Waals surface area (Å²) in [5, 5.41) is 11.1. The van der Waals surface area contributed by atoms with Gasteiger partial charge in [-0.2, -0.15) is 4.98 Å². The predicted octanol–water partition coefficient (Wildman–Crippen LogP) is 4.38. The van der Waals surface area contributed by atoms with Crippen molar-refractivity contribution in [1.29, 1.82) is 0 Å². The summed E-state index contributed by atoms with van der Waals surface area (Å²) in [7, 11) is 1.68. The Bertz CT molecular complexity index is 993. The summed E-state index contributed by atoms with van der Waals surface area (Å²) in [4.78, 5) is 8.93. The van der Waals surface area contributed by atoms with Crippen LogP contribution in [-0.4, -0.2) is 43.0 Å². The van der Waals surface area contributed by atoms with Gasteiger partial charge in [0.05, 0.1) is 6.61 Å². The summed E-state index contributed by atoms with van der Waals surface area (Å²) in [6.45, 7) is 4.20. The maximum atomic E-state index is 6.03. The zero-order valence-corrected chi connectivity index (χ0v) is 18.4. The molecule has 1 heterocycles. The smallest absolute Gasteiger partial charge is 0.248 e. The molecule has 31 heavy (non-hydrogen) atoms. The molecule has 0 bridgehead atoms. The molecule has 0 fully saturated rings. The highest BCUT2D eigenvalue weighted by Gasteiger charge is 2.09. The second kappa shape index (κ2) is 11.9. The lowest BCUT2D eigenvalue weighted by atomic mass is 10.2. The average Bonchev–Trinajstić information content (AvgIpc) is 3.25. The maximum Gasteiger partial charge on any atom is 0.248 e. The Morgan fingerprint density at radius 3 is 2.84 bits per heavy atom. The van der Waals surface area contributed by atoms with Crippen LogP contribution < -0.4 is 15.4 Å². The topological polar surface area (TPSA) is 93.8 Å². The lowest BCUT2D eigenvalue weighted by Crippen LogP contribution is -2.30. The van der Waals surface area contributed by atoms with Gasteiger partial charge in [0.2, 0.25) is 11.7 Å². The molecule has 0 radical (unpaired) electrons. The highest BCUT2D eigenvalue weighted by atomic mass is 35.5. The minimum Gasteiger partial charge on any atom is -0.493 e. The lowest BCUT2D eigenvalue weighted by Gasteiger charge is -2.12. The van der Waals surface area contributed by atoms with Gasteiger partial charge in [-0.05, 0) is 31.2 Å². The molecule has 8 nitrogen and oxygen atoms in total. The third-order valence-corrected chi connectivity index (χ3v) is 4.36. The molecule has 2 N–H and O–H groups in total. The van der Waals surface area contributed by atoms with Crippen LogP contribution in [0.4, 0.5) is 5.69 Å². The van der Waals surface area contributed by atoms with E-state index in [1.165, 1.54) is 0 Å². The molecular formula is C22H26ClN5O3. The number of ether oxygens (including phenoxy) is 2. The highest BCUT2D eigenvalue weighted by Crippen LogP contribution is 2.20. The van der Waals surface area contributed by atoms with Crippen LogP contribution in [0.5, 0.6) is 5.75 Å². The Morgan fingerprint density at radius 1 is 1.16 bits per heavy atom. The van der Waals surface area contributed by atoms with Crippen molar-refractivity contribution in [3.05, 3.63) is 59.4 Å². The summed E-state index contributed by atoms with van der Waals surface area (Å²) in [6.07, 6.45) is 0.833. The lowest BCUT2D eigenvalue weighted by molar-refractivity contribution is 0.172. The Balaban J connectivity index is 1.63. The zero-order chi connectivity index (χ0) is 21.9. The van der Waals surface area contributed by atoms with Crippen LogP contribution in [0.3, 0.4) is 0 Å². The van der Waals surface area contributed by atoms with Gasteiger partial charge >= 0.3 is 0 Å². The number of guanidine groups is 1. The van der Waals surface area contributed by atoms with Gasteiger partial charge in [0.25, 0.3) is 0 Å². The third kappa shape index (κ3) is 7.27. The van der Waals surface area contributed by atoms with Crippen LogP contribution in [0.25, 0.3) is 11.4 Å². The van der Waals surface area contributed by atoms with Crippen LogP contribution in [0.1, 0.15) is 19.2 Å². The minimum absolute atomic E-state index is 0.232. The van der Waals surface area contributed by atoms with E-state index in [1.807, 2.05) is 43.3 Å². The number of anilines is 1. The van der Waals surface area contributed by atoms with Gasteiger partial charge < -0.3 is 24.6 Å². The van der Waals surface area contributed by atoms with Gasteiger partial charge in [-0.25, -0.2) is 4.99 Å². The van der Waals surface area contributed by atoms with E-state index in [1.54, 1.807) is 19.2 Å². The number of methoxy groups -OCH3 is 1. The van der Waals surface area contributed by atoms with Crippen LogP contribution in [0.2, 0.25) is 5.02 Å². The molecule has 164 valence electrons. The van der Waals surface area contributed by atoms with Crippen molar-refractivity contribution in [3.8, 4) is 17.1 Å². The summed E-state index contributed by atoms with van der Waals surface area (Å²) in [5.74, 6) is 2.26. The van der Waals surface area contributed by atoms with Gasteiger partial charge in [-0.15, -0.1) is 0 Å². The number of halogens is 1. The second-order valence-electron chi connectivity index (χ2n) is 6.56. The first-order valence-electron chi connectivity index (χ1n) is 10.0. The molecule has 3 aromatic rings. The molecule has 0 amide bonds. The first-order chi connectivity index (χ1) is 15.2. The van der Waals surface area contributed by atoms with E-state index < -0.39 is 0 Å². The standard InChI is InChI=1S/C22H26ClN5O3/c1-3-24-22(26-18-9-5-10-19(14-18)30-12-6-11-29-2)25-15-20-27-21(28-31-20)16-7-4-8-17(23)13-16/h4-5,7-10,13-14H,3,6,11-12,15H2,1-2H3,(H2,24,25,26). The highest BCUT2D eigenvalue weighted by molar-refractivity contribution is 6.30. The first-order valence-corrected chi connectivity index (χ1v) is 10.4. The largest absolute Gasteiger partial charge is 0.493 e. The Hall–Kier alpha value is -3.10. The number of aromatic nitrogens is 2. The van der Waals surface area contributed by atoms with Crippen molar-refractivity contribution in [2.75, 3.05) is 32.2 Å². The van der Waals surface area contributed by atoms with E-state index >= 15 is 0 Å². The molecule has 9 heteroatoms. The van der Waals surface area contributed by atoms with E-state index in [-0.39, 0.29) is 6.54 Å². The molecule has 0 atom stereocenters. The molecular weight excluding hydrogens is 418 g/mol. The molecule has 0 saturated carbocycles. The van der Waals surface area contributed by atoms with Crippen LogP contribution in [0, 0.1) is 0 Å². The SMILES string of the molecule is CCNC(=NCc1nc(-c2cccc(Cl)c2)no1)Nc1cccc(OCCCOC)c1. The molecule has 3 rings (SSSR count). The average molecular weight is 444 g/mol. The van der Waals surface area contributed by atoms with Crippen LogP contribution in [0.15, 0.2) is 58.0 Å². The molecule has 0 aliphatic carbocycles. The molecule has 0 aliphatic rings. The molecule has 2 aromatic carbocycles. The van der Waals surface area contributed by atoms with Crippen LogP contribution in [-0.2, 0) is 11.3 Å². The molecule has 0 saturated heterocycles. The summed E-state index contributed by atoms with van der Waals surface area (Å²) in [5.41, 5.74) is 1.65. The van der Waals surface area contributed by atoms with Crippen molar-refractivity contribution < 1.29 is 14.0 Å². The fraction of sp³-hybridized carbons (Fsp3) is 0.318. The quantitative estimate of drug-likeness (QED) is 0.273. The molecule has 1 aromatic heterocycles. The van der Waals surface area contributed by atoms with Gasteiger partial charge in [-0.3, -0.25) is 0 Å². The van der Waals surface area contributed by atoms with Crippen molar-refractivity contribution >= 4 is 23.2 Å². The van der Waals surface area contributed by atoms with Gasteiger partial charge in [0, 0.05) is 49.0 Å². The molecule has 0 unspecified atom stereocenters. The number of hydrogen-bond donors (Lipinski definition) is 2. The van der Waals surface area contributed by atoms with E-state index in [0.717, 1.165) is 23.4 Å². The first kappa shape index (κ1) is 22.6. The van der Waals surface area contributed by atoms with Gasteiger partial charge in [-0.1, -0.05) is 35.0 Å². The van der Waals surface area contributed by atoms with E-state index in [2.05, 4.69) is 25.8 Å². The fourth-order valence-electron chi connectivity index (χ4n) is 2.71. The van der Waals surface area contributed by atoms with Crippen molar-refractivity contribution in [2.45, 2.75) is 19.9 Å². The zero-order valence-electron chi connectivity index (χ0n) is 17.6. The third-order valence-electron chi connectivity index (χ3n) is 4.13. The number of rotatable bonds is 10. The Morgan fingerprint density at radius 2 is 2.03 bits per heavy atom. The fourth-order valence-corrected chi connectivity index (χ4v) is 2.90. The number of aliphatic imine (C=N–C) groups is 1. The summed E-state index contributed by atoms with van der Waals surface area (Å²) < 4.78 is 16.1. The summed E-state index contributed by atoms with van der Waals surface area (Å²) >= 11 is 6.03. The summed E-state index contributed by atoms with van der Waals surface area (Å²) in [6, 6.07) is 15.0. The number of benzene rings is 2. The second-order valence-corrected chi connectivity index (χ2v) is 7.00.